The maximum Gasteiger partial charge on any atom is 0.309 e. The fraction of sp³-hybridized carbons (Fsp3) is 0.361. The van der Waals surface area contributed by atoms with Crippen molar-refractivity contribution in [2.75, 3.05) is 13.2 Å². The van der Waals surface area contributed by atoms with Gasteiger partial charge < -0.3 is 15.2 Å². The number of nitrogens with zero attached hydrogens (tertiary/aromatic N) is 1. The minimum absolute atomic E-state index is 0.0886. The minimum atomic E-state index is -0.441. The molecule has 3 aromatic carbocycles. The van der Waals surface area contributed by atoms with Gasteiger partial charge in [-0.05, 0) is 79.3 Å². The number of ether oxygens (including phenoxy) is 2. The van der Waals surface area contributed by atoms with Crippen molar-refractivity contribution in [2.24, 2.45) is 28.5 Å². The third-order valence-electron chi connectivity index (χ3n) is 8.51. The maximum atomic E-state index is 12.8. The number of carbonyl (C=O) groups is 2. The van der Waals surface area contributed by atoms with E-state index >= 15 is 0 Å². The number of hydrogen-bond acceptors (Lipinski definition) is 5. The van der Waals surface area contributed by atoms with E-state index in [1.807, 2.05) is 37.4 Å². The van der Waals surface area contributed by atoms with Crippen molar-refractivity contribution in [2.45, 2.75) is 50.5 Å². The van der Waals surface area contributed by atoms with Crippen LogP contribution in [0, 0.1) is 17.8 Å². The van der Waals surface area contributed by atoms with Crippen LogP contribution in [0.1, 0.15) is 55.2 Å². The van der Waals surface area contributed by atoms with E-state index in [0.717, 1.165) is 37.0 Å². The van der Waals surface area contributed by atoms with E-state index in [1.165, 1.54) is 11.1 Å². The Balaban J connectivity index is 1.37. The molecule has 42 heavy (non-hydrogen) atoms. The molecule has 1 amide bonds. The zero-order chi connectivity index (χ0) is 29.4. The molecule has 1 saturated carbocycles. The lowest BCUT2D eigenvalue weighted by Gasteiger charge is -2.38. The van der Waals surface area contributed by atoms with Gasteiger partial charge >= 0.3 is 5.97 Å². The quantitative estimate of drug-likeness (QED) is 0.173. The van der Waals surface area contributed by atoms with E-state index in [2.05, 4.69) is 72.8 Å². The molecule has 6 heteroatoms. The Morgan fingerprint density at radius 2 is 1.71 bits per heavy atom. The standard InChI is InChI=1S/C36H40N2O4/c1-2-41-35(40)31-24-30(31)33(18-10-21-42-29-17-9-12-26(22-29)23-34(37)39)36(19-11-20-38-36)25-32(27-13-5-3-6-14-27)28-15-7-4-8-16-28/h3-9,11-17,19-20,22,30-33H,2,10,18,21,23-25H2,1H3,(H2,37,39). The van der Waals surface area contributed by atoms with E-state index in [0.29, 0.717) is 13.2 Å². The van der Waals surface area contributed by atoms with Gasteiger partial charge in [-0.1, -0.05) is 78.9 Å². The van der Waals surface area contributed by atoms with Crippen molar-refractivity contribution in [3.63, 3.8) is 0 Å². The zero-order valence-corrected chi connectivity index (χ0v) is 24.2. The fourth-order valence-corrected chi connectivity index (χ4v) is 6.51. The molecule has 1 fully saturated rings. The normalized spacial score (nSPS) is 21.3. The average molecular weight is 565 g/mol. The first kappa shape index (κ1) is 29.3. The molecule has 4 atom stereocenters. The molecule has 0 saturated heterocycles. The highest BCUT2D eigenvalue weighted by atomic mass is 16.5. The number of primary amides is 1. The molecule has 0 spiro atoms. The molecule has 2 aliphatic rings. The lowest BCUT2D eigenvalue weighted by atomic mass is 9.70. The smallest absolute Gasteiger partial charge is 0.309 e. The predicted molar refractivity (Wildman–Crippen MR) is 165 cm³/mol. The maximum absolute atomic E-state index is 12.8. The lowest BCUT2D eigenvalue weighted by molar-refractivity contribution is -0.145. The van der Waals surface area contributed by atoms with Gasteiger partial charge in [0.1, 0.15) is 5.75 Å². The van der Waals surface area contributed by atoms with E-state index in [9.17, 15) is 9.59 Å². The second-order valence-corrected chi connectivity index (χ2v) is 11.4. The van der Waals surface area contributed by atoms with Gasteiger partial charge in [0, 0.05) is 12.1 Å². The summed E-state index contributed by atoms with van der Waals surface area (Å²) in [6, 6.07) is 28.8. The lowest BCUT2D eigenvalue weighted by Crippen LogP contribution is -2.37. The molecule has 3 aromatic rings. The van der Waals surface area contributed by atoms with E-state index < -0.39 is 5.54 Å². The van der Waals surface area contributed by atoms with Crippen LogP contribution in [0.15, 0.2) is 102 Å². The Morgan fingerprint density at radius 3 is 2.33 bits per heavy atom. The highest BCUT2D eigenvalue weighted by molar-refractivity contribution is 5.77. The van der Waals surface area contributed by atoms with Crippen LogP contribution in [0.3, 0.4) is 0 Å². The summed E-state index contributed by atoms with van der Waals surface area (Å²) in [7, 11) is 0. The van der Waals surface area contributed by atoms with E-state index in [-0.39, 0.29) is 42.0 Å². The summed E-state index contributed by atoms with van der Waals surface area (Å²) in [5.41, 5.74) is 8.28. The van der Waals surface area contributed by atoms with Gasteiger partial charge in [-0.3, -0.25) is 14.6 Å². The molecule has 2 N–H and O–H groups in total. The van der Waals surface area contributed by atoms with Crippen molar-refractivity contribution < 1.29 is 19.1 Å². The van der Waals surface area contributed by atoms with Crippen LogP contribution in [0.25, 0.3) is 0 Å². The van der Waals surface area contributed by atoms with Crippen molar-refractivity contribution >= 4 is 18.1 Å². The molecule has 0 aromatic heterocycles. The summed E-state index contributed by atoms with van der Waals surface area (Å²) in [6.07, 6.45) is 9.72. The Hall–Kier alpha value is -4.19. The van der Waals surface area contributed by atoms with Crippen LogP contribution in [0.5, 0.6) is 5.75 Å². The van der Waals surface area contributed by atoms with Gasteiger partial charge in [0.25, 0.3) is 0 Å². The minimum Gasteiger partial charge on any atom is -0.494 e. The summed E-state index contributed by atoms with van der Waals surface area (Å²) in [6.45, 7) is 2.78. The molecule has 5 rings (SSSR count). The fourth-order valence-electron chi connectivity index (χ4n) is 6.51. The number of nitrogens with two attached hydrogens (primary N) is 1. The molecule has 0 radical (unpaired) electrons. The van der Waals surface area contributed by atoms with Gasteiger partial charge in [0.15, 0.2) is 0 Å². The largest absolute Gasteiger partial charge is 0.494 e. The second-order valence-electron chi connectivity index (χ2n) is 11.4. The van der Waals surface area contributed by atoms with Crippen LogP contribution < -0.4 is 10.5 Å². The van der Waals surface area contributed by atoms with Crippen molar-refractivity contribution in [3.8, 4) is 5.75 Å². The van der Waals surface area contributed by atoms with Gasteiger partial charge in [0.2, 0.25) is 5.91 Å². The summed E-state index contributed by atoms with van der Waals surface area (Å²) >= 11 is 0. The van der Waals surface area contributed by atoms with Crippen LogP contribution in [0.4, 0.5) is 0 Å². The Bertz CT molecular complexity index is 1350. The Kier molecular flexibility index (Phi) is 9.52. The molecule has 1 aliphatic heterocycles. The third-order valence-corrected chi connectivity index (χ3v) is 8.51. The molecule has 1 heterocycles. The average Bonchev–Trinajstić information content (AvgIpc) is 3.65. The van der Waals surface area contributed by atoms with Crippen LogP contribution in [-0.2, 0) is 20.7 Å². The topological polar surface area (TPSA) is 91.0 Å². The number of allylic oxidation sites excluding steroid dienone is 1. The third kappa shape index (κ3) is 7.17. The van der Waals surface area contributed by atoms with E-state index in [4.69, 9.17) is 20.2 Å². The van der Waals surface area contributed by atoms with Gasteiger partial charge in [-0.2, -0.15) is 0 Å². The highest BCUT2D eigenvalue weighted by Gasteiger charge is 2.55. The Morgan fingerprint density at radius 1 is 1.00 bits per heavy atom. The van der Waals surface area contributed by atoms with Gasteiger partial charge in [-0.25, -0.2) is 0 Å². The molecular weight excluding hydrogens is 524 g/mol. The van der Waals surface area contributed by atoms with Crippen LogP contribution in [-0.4, -0.2) is 36.8 Å². The summed E-state index contributed by atoms with van der Waals surface area (Å²) in [5, 5.41) is 0. The monoisotopic (exact) mass is 564 g/mol. The van der Waals surface area contributed by atoms with Crippen molar-refractivity contribution in [1.82, 2.24) is 0 Å². The van der Waals surface area contributed by atoms with Gasteiger partial charge in [-0.15, -0.1) is 0 Å². The first-order chi connectivity index (χ1) is 20.5. The molecule has 4 unspecified atom stereocenters. The number of carbonyl (C=O) groups excluding carboxylic acids is 2. The predicted octanol–water partition coefficient (Wildman–Crippen LogP) is 6.29. The number of esters is 1. The SMILES string of the molecule is CCOC(=O)C1CC1C(CCCOc1cccc(CC(N)=O)c1)C1(CC(c2ccccc2)c2ccccc2)C=CC=N1. The number of hydrogen-bond donors (Lipinski definition) is 1. The van der Waals surface area contributed by atoms with Crippen LogP contribution >= 0.6 is 0 Å². The molecular formula is C36H40N2O4. The Labute approximate surface area is 248 Å². The number of aliphatic imine (C=N–C) groups is 1. The number of benzene rings is 3. The molecule has 1 aliphatic carbocycles. The molecule has 218 valence electrons. The molecule has 0 bridgehead atoms. The summed E-state index contributed by atoms with van der Waals surface area (Å²) in [5.74, 6) is 0.682. The summed E-state index contributed by atoms with van der Waals surface area (Å²) < 4.78 is 11.5. The second kappa shape index (κ2) is 13.6. The highest BCUT2D eigenvalue weighted by Crippen LogP contribution is 2.55. The number of rotatable bonds is 15. The van der Waals surface area contributed by atoms with Gasteiger partial charge in [0.05, 0.1) is 31.1 Å². The van der Waals surface area contributed by atoms with E-state index in [1.54, 1.807) is 0 Å². The van der Waals surface area contributed by atoms with Crippen molar-refractivity contribution in [1.29, 1.82) is 0 Å². The molecule has 6 nitrogen and oxygen atoms in total. The summed E-state index contributed by atoms with van der Waals surface area (Å²) in [4.78, 5) is 29.3. The van der Waals surface area contributed by atoms with Crippen molar-refractivity contribution in [3.05, 3.63) is 114 Å². The zero-order valence-electron chi connectivity index (χ0n) is 24.2. The number of amides is 1. The van der Waals surface area contributed by atoms with Crippen LogP contribution in [0.2, 0.25) is 0 Å². The first-order valence-corrected chi connectivity index (χ1v) is 15.0. The first-order valence-electron chi connectivity index (χ1n) is 15.0.